The number of Topliss-reactive ketones (excluding diaryl/α,β-unsaturated/α-hetero) is 1. The largest absolute Gasteiger partial charge is 0.469 e. The van der Waals surface area contributed by atoms with E-state index in [1.807, 2.05) is 6.07 Å². The zero-order valence-corrected chi connectivity index (χ0v) is 19.0. The van der Waals surface area contributed by atoms with E-state index >= 15 is 0 Å². The van der Waals surface area contributed by atoms with Crippen molar-refractivity contribution in [2.75, 3.05) is 7.11 Å². The summed E-state index contributed by atoms with van der Waals surface area (Å²) in [5, 5.41) is 0. The van der Waals surface area contributed by atoms with E-state index in [0.29, 0.717) is 18.4 Å². The number of hydrogen-bond donors (Lipinski definition) is 0. The molecule has 34 heavy (non-hydrogen) atoms. The van der Waals surface area contributed by atoms with E-state index in [9.17, 15) is 9.59 Å². The van der Waals surface area contributed by atoms with E-state index < -0.39 is 5.41 Å². The van der Waals surface area contributed by atoms with E-state index in [1.54, 1.807) is 0 Å². The first-order chi connectivity index (χ1) is 16.7. The summed E-state index contributed by atoms with van der Waals surface area (Å²) in [5.74, 6) is -0.229. The van der Waals surface area contributed by atoms with Crippen molar-refractivity contribution in [3.8, 4) is 22.3 Å². The van der Waals surface area contributed by atoms with Crippen molar-refractivity contribution in [3.63, 3.8) is 0 Å². The minimum absolute atomic E-state index is 0.0531. The minimum Gasteiger partial charge on any atom is -0.469 e. The van der Waals surface area contributed by atoms with Gasteiger partial charge in [0.15, 0.2) is 5.78 Å². The second kappa shape index (κ2) is 7.81. The van der Waals surface area contributed by atoms with Crippen LogP contribution < -0.4 is 0 Å². The Kier molecular flexibility index (Phi) is 4.73. The van der Waals surface area contributed by atoms with Crippen LogP contribution in [0.25, 0.3) is 22.3 Å². The summed E-state index contributed by atoms with van der Waals surface area (Å²) >= 11 is 0. The zero-order valence-electron chi connectivity index (χ0n) is 19.0. The lowest BCUT2D eigenvalue weighted by Gasteiger charge is -2.30. The number of rotatable bonds is 5. The molecule has 0 heterocycles. The molecule has 2 aliphatic rings. The monoisotopic (exact) mass is 444 g/mol. The third-order valence-electron chi connectivity index (χ3n) is 7.33. The third kappa shape index (κ3) is 2.76. The molecule has 1 spiro atoms. The fourth-order valence-corrected chi connectivity index (χ4v) is 5.91. The van der Waals surface area contributed by atoms with Crippen molar-refractivity contribution >= 4 is 11.8 Å². The van der Waals surface area contributed by atoms with Crippen LogP contribution in [0.1, 0.15) is 51.9 Å². The van der Waals surface area contributed by atoms with Crippen LogP contribution in [0.15, 0.2) is 91.0 Å². The molecule has 3 heteroatoms. The predicted octanol–water partition coefficient (Wildman–Crippen LogP) is 6.56. The predicted molar refractivity (Wildman–Crippen MR) is 133 cm³/mol. The van der Waals surface area contributed by atoms with Gasteiger partial charge in [0.05, 0.1) is 12.5 Å². The third-order valence-corrected chi connectivity index (χ3v) is 7.33. The first kappa shape index (κ1) is 20.6. The Bertz CT molecular complexity index is 1400. The lowest BCUT2D eigenvalue weighted by atomic mass is 9.70. The number of carbonyl (C=O) groups is 2. The van der Waals surface area contributed by atoms with Crippen molar-refractivity contribution in [1.82, 2.24) is 0 Å². The normalized spacial score (nSPS) is 13.7. The first-order valence-corrected chi connectivity index (χ1v) is 11.7. The van der Waals surface area contributed by atoms with Gasteiger partial charge < -0.3 is 4.74 Å². The van der Waals surface area contributed by atoms with Gasteiger partial charge in [-0.25, -0.2) is 0 Å². The molecule has 0 saturated heterocycles. The van der Waals surface area contributed by atoms with E-state index in [4.69, 9.17) is 4.74 Å². The molecule has 2 aliphatic carbocycles. The average molecular weight is 445 g/mol. The van der Waals surface area contributed by atoms with E-state index in [0.717, 1.165) is 5.56 Å². The van der Waals surface area contributed by atoms with Gasteiger partial charge in [-0.2, -0.15) is 0 Å². The molecule has 0 atom stereocenters. The summed E-state index contributed by atoms with van der Waals surface area (Å²) in [6.07, 6.45) is 1.06. The lowest BCUT2D eigenvalue weighted by molar-refractivity contribution is -0.140. The van der Waals surface area contributed by atoms with Gasteiger partial charge in [0.2, 0.25) is 0 Å². The summed E-state index contributed by atoms with van der Waals surface area (Å²) in [4.78, 5) is 24.6. The van der Waals surface area contributed by atoms with Gasteiger partial charge in [-0.3, -0.25) is 9.59 Å². The Labute approximate surface area is 199 Å². The maximum absolute atomic E-state index is 13.1. The highest BCUT2D eigenvalue weighted by Crippen LogP contribution is 2.62. The number of methoxy groups -OCH3 is 1. The molecule has 0 fully saturated rings. The highest BCUT2D eigenvalue weighted by molar-refractivity contribution is 6.00. The minimum atomic E-state index is -0.443. The highest BCUT2D eigenvalue weighted by atomic mass is 16.5. The first-order valence-electron chi connectivity index (χ1n) is 11.7. The zero-order chi connectivity index (χ0) is 23.3. The lowest BCUT2D eigenvalue weighted by Crippen LogP contribution is -2.26. The number of benzene rings is 4. The SMILES string of the molecule is COC(=O)CCCC(=O)c1ccc2c(c1)C1(c3ccccc3-c3ccccc31)c1ccccc1-2. The standard InChI is InChI=1S/C31H24O3/c1-34-30(33)16-8-15-29(32)20-17-18-24-23-11-4-7-14-27(23)31(28(24)19-20)25-12-5-2-9-21(25)22-10-3-6-13-26(22)31/h2-7,9-14,17-19H,8,15-16H2,1H3. The van der Waals surface area contributed by atoms with Gasteiger partial charge in [-0.15, -0.1) is 0 Å². The van der Waals surface area contributed by atoms with Crippen molar-refractivity contribution in [3.05, 3.63) is 119 Å². The van der Waals surface area contributed by atoms with Gasteiger partial charge >= 0.3 is 5.97 Å². The van der Waals surface area contributed by atoms with Gasteiger partial charge in [-0.05, 0) is 57.0 Å². The van der Waals surface area contributed by atoms with Crippen molar-refractivity contribution in [1.29, 1.82) is 0 Å². The highest BCUT2D eigenvalue weighted by Gasteiger charge is 2.51. The quantitative estimate of drug-likeness (QED) is 0.223. The van der Waals surface area contributed by atoms with Crippen LogP contribution in [0.3, 0.4) is 0 Å². The van der Waals surface area contributed by atoms with Gasteiger partial charge in [-0.1, -0.05) is 84.9 Å². The van der Waals surface area contributed by atoms with Crippen molar-refractivity contribution in [2.24, 2.45) is 0 Å². The average Bonchev–Trinajstić information content (AvgIpc) is 3.35. The van der Waals surface area contributed by atoms with Crippen LogP contribution >= 0.6 is 0 Å². The van der Waals surface area contributed by atoms with Crippen LogP contribution in [-0.2, 0) is 14.9 Å². The second-order valence-electron chi connectivity index (χ2n) is 9.00. The summed E-state index contributed by atoms with van der Waals surface area (Å²) in [5.41, 5.74) is 10.1. The molecule has 6 rings (SSSR count). The fourth-order valence-electron chi connectivity index (χ4n) is 5.91. The topological polar surface area (TPSA) is 43.4 Å². The van der Waals surface area contributed by atoms with Crippen LogP contribution in [-0.4, -0.2) is 18.9 Å². The molecule has 0 aromatic heterocycles. The molecule has 0 aliphatic heterocycles. The van der Waals surface area contributed by atoms with Crippen molar-refractivity contribution in [2.45, 2.75) is 24.7 Å². The summed E-state index contributed by atoms with van der Waals surface area (Å²) in [7, 11) is 1.37. The van der Waals surface area contributed by atoms with Crippen LogP contribution in [0.4, 0.5) is 0 Å². The van der Waals surface area contributed by atoms with Crippen LogP contribution in [0.5, 0.6) is 0 Å². The summed E-state index contributed by atoms with van der Waals surface area (Å²) in [6.45, 7) is 0. The molecule has 0 saturated carbocycles. The van der Waals surface area contributed by atoms with E-state index in [2.05, 4.69) is 84.9 Å². The molecule has 4 aromatic carbocycles. The van der Waals surface area contributed by atoms with Gasteiger partial charge in [0, 0.05) is 18.4 Å². The Morgan fingerprint density at radius 1 is 0.647 bits per heavy atom. The Morgan fingerprint density at radius 3 is 1.68 bits per heavy atom. The second-order valence-corrected chi connectivity index (χ2v) is 9.00. The maximum atomic E-state index is 13.1. The van der Waals surface area contributed by atoms with Crippen LogP contribution in [0.2, 0.25) is 0 Å². The molecule has 0 bridgehead atoms. The Balaban J connectivity index is 1.55. The molecule has 4 aromatic rings. The summed E-state index contributed by atoms with van der Waals surface area (Å²) < 4.78 is 4.71. The fraction of sp³-hybridized carbons (Fsp3) is 0.161. The van der Waals surface area contributed by atoms with Crippen LogP contribution in [0, 0.1) is 0 Å². The van der Waals surface area contributed by atoms with Crippen molar-refractivity contribution < 1.29 is 14.3 Å². The molecule has 0 unspecified atom stereocenters. The molecule has 3 nitrogen and oxygen atoms in total. The number of esters is 1. The van der Waals surface area contributed by atoms with Gasteiger partial charge in [0.1, 0.15) is 0 Å². The molecular weight excluding hydrogens is 420 g/mol. The molecule has 0 N–H and O–H groups in total. The van der Waals surface area contributed by atoms with Gasteiger partial charge in [0.25, 0.3) is 0 Å². The Morgan fingerprint density at radius 2 is 1.15 bits per heavy atom. The van der Waals surface area contributed by atoms with E-state index in [1.165, 1.54) is 46.1 Å². The smallest absolute Gasteiger partial charge is 0.305 e. The molecule has 0 radical (unpaired) electrons. The molecule has 166 valence electrons. The number of ketones is 1. The van der Waals surface area contributed by atoms with E-state index in [-0.39, 0.29) is 18.2 Å². The molecular formula is C31H24O3. The number of carbonyl (C=O) groups excluding carboxylic acids is 2. The Hall–Kier alpha value is -3.98. The summed E-state index contributed by atoms with van der Waals surface area (Å²) in [6, 6.07) is 32.0. The molecule has 0 amide bonds. The maximum Gasteiger partial charge on any atom is 0.305 e. The number of fused-ring (bicyclic) bond motifs is 10. The number of hydrogen-bond acceptors (Lipinski definition) is 3. The number of ether oxygens (including phenoxy) is 1.